The van der Waals surface area contributed by atoms with Crippen molar-refractivity contribution in [3.63, 3.8) is 0 Å². The normalized spacial score (nSPS) is 13.5. The molecule has 2 aromatic rings. The Morgan fingerprint density at radius 3 is 3.24 bits per heavy atom. The highest BCUT2D eigenvalue weighted by Crippen LogP contribution is 2.31. The van der Waals surface area contributed by atoms with Crippen molar-refractivity contribution in [3.05, 3.63) is 34.8 Å². The third-order valence-corrected chi connectivity index (χ3v) is 3.80. The van der Waals surface area contributed by atoms with Crippen molar-refractivity contribution >= 4 is 11.3 Å². The predicted molar refractivity (Wildman–Crippen MR) is 67.5 cm³/mol. The van der Waals surface area contributed by atoms with Crippen LogP contribution in [0.15, 0.2) is 23.6 Å². The number of ether oxygens (including phenoxy) is 1. The van der Waals surface area contributed by atoms with Crippen LogP contribution in [-0.2, 0) is 12.8 Å². The molecule has 0 radical (unpaired) electrons. The summed E-state index contributed by atoms with van der Waals surface area (Å²) >= 11 is 1.63. The van der Waals surface area contributed by atoms with Crippen molar-refractivity contribution in [1.82, 2.24) is 4.98 Å². The molecule has 0 bridgehead atoms. The van der Waals surface area contributed by atoms with Gasteiger partial charge < -0.3 is 9.84 Å². The van der Waals surface area contributed by atoms with Gasteiger partial charge in [0, 0.05) is 30.4 Å². The minimum absolute atomic E-state index is 0.154. The van der Waals surface area contributed by atoms with Crippen molar-refractivity contribution < 1.29 is 9.84 Å². The first-order chi connectivity index (χ1) is 8.36. The first kappa shape index (κ1) is 10.7. The molecule has 0 aliphatic carbocycles. The monoisotopic (exact) mass is 247 g/mol. The maximum absolute atomic E-state index is 8.87. The van der Waals surface area contributed by atoms with Gasteiger partial charge in [0.05, 0.1) is 12.3 Å². The average molecular weight is 247 g/mol. The largest absolute Gasteiger partial charge is 0.493 e. The topological polar surface area (TPSA) is 42.4 Å². The molecule has 88 valence electrons. The van der Waals surface area contributed by atoms with Crippen molar-refractivity contribution in [2.45, 2.75) is 12.8 Å². The van der Waals surface area contributed by atoms with Gasteiger partial charge in [0.15, 0.2) is 0 Å². The van der Waals surface area contributed by atoms with E-state index in [0.29, 0.717) is 6.42 Å². The Bertz CT molecular complexity index is 536. The van der Waals surface area contributed by atoms with Gasteiger partial charge in [-0.05, 0) is 23.8 Å². The lowest BCUT2D eigenvalue weighted by Gasteiger charge is -2.00. The molecule has 1 aromatic heterocycles. The van der Waals surface area contributed by atoms with Crippen LogP contribution in [0.1, 0.15) is 11.3 Å². The van der Waals surface area contributed by atoms with Crippen molar-refractivity contribution in [3.8, 4) is 16.3 Å². The highest BCUT2D eigenvalue weighted by atomic mass is 32.1. The van der Waals surface area contributed by atoms with Crippen LogP contribution < -0.4 is 4.74 Å². The first-order valence-corrected chi connectivity index (χ1v) is 6.56. The number of hydrogen-bond donors (Lipinski definition) is 1. The molecule has 3 rings (SSSR count). The smallest absolute Gasteiger partial charge is 0.123 e. The second-order valence-corrected chi connectivity index (χ2v) is 4.90. The van der Waals surface area contributed by atoms with Crippen molar-refractivity contribution in [1.29, 1.82) is 0 Å². The maximum atomic E-state index is 8.87. The summed E-state index contributed by atoms with van der Waals surface area (Å²) in [5.41, 5.74) is 3.37. The van der Waals surface area contributed by atoms with E-state index in [1.165, 1.54) is 5.56 Å². The van der Waals surface area contributed by atoms with E-state index >= 15 is 0 Å². The van der Waals surface area contributed by atoms with Gasteiger partial charge in [0.1, 0.15) is 10.8 Å². The summed E-state index contributed by atoms with van der Waals surface area (Å²) in [7, 11) is 0. The maximum Gasteiger partial charge on any atom is 0.123 e. The lowest BCUT2D eigenvalue weighted by Crippen LogP contribution is -1.90. The van der Waals surface area contributed by atoms with E-state index in [4.69, 9.17) is 9.84 Å². The van der Waals surface area contributed by atoms with Crippen LogP contribution >= 0.6 is 11.3 Å². The van der Waals surface area contributed by atoms with Crippen LogP contribution in [0.2, 0.25) is 0 Å². The Morgan fingerprint density at radius 2 is 2.35 bits per heavy atom. The molecule has 2 heterocycles. The summed E-state index contributed by atoms with van der Waals surface area (Å²) in [4.78, 5) is 4.51. The Balaban J connectivity index is 1.92. The standard InChI is InChI=1S/C13H13NO2S/c15-5-3-11-8-17-13(14-11)10-1-2-12-9(7-10)4-6-16-12/h1-2,7-8,15H,3-6H2. The predicted octanol–water partition coefficient (Wildman–Crippen LogP) is 2.28. The quantitative estimate of drug-likeness (QED) is 0.904. The van der Waals surface area contributed by atoms with Crippen LogP contribution in [-0.4, -0.2) is 23.3 Å². The number of rotatable bonds is 3. The molecule has 0 fully saturated rings. The molecular weight excluding hydrogens is 234 g/mol. The zero-order valence-electron chi connectivity index (χ0n) is 9.35. The highest BCUT2D eigenvalue weighted by molar-refractivity contribution is 7.13. The summed E-state index contributed by atoms with van der Waals surface area (Å²) in [6.07, 6.45) is 1.61. The first-order valence-electron chi connectivity index (χ1n) is 5.68. The van der Waals surface area contributed by atoms with Crippen LogP contribution in [0.5, 0.6) is 5.75 Å². The Hall–Kier alpha value is -1.39. The summed E-state index contributed by atoms with van der Waals surface area (Å²) in [6, 6.07) is 6.22. The number of aromatic nitrogens is 1. The third kappa shape index (κ3) is 2.06. The fraction of sp³-hybridized carbons (Fsp3) is 0.308. The zero-order valence-corrected chi connectivity index (χ0v) is 10.2. The second-order valence-electron chi connectivity index (χ2n) is 4.04. The van der Waals surface area contributed by atoms with E-state index in [1.54, 1.807) is 11.3 Å². The Labute approximate surface area is 104 Å². The van der Waals surface area contributed by atoms with Gasteiger partial charge in [-0.25, -0.2) is 4.98 Å². The fourth-order valence-electron chi connectivity index (χ4n) is 1.99. The van der Waals surface area contributed by atoms with E-state index in [0.717, 1.165) is 35.0 Å². The van der Waals surface area contributed by atoms with Gasteiger partial charge in [0.2, 0.25) is 0 Å². The molecule has 1 N–H and O–H groups in total. The summed E-state index contributed by atoms with van der Waals surface area (Å²) in [6.45, 7) is 0.938. The number of aliphatic hydroxyl groups is 1. The van der Waals surface area contributed by atoms with Gasteiger partial charge in [-0.1, -0.05) is 0 Å². The molecular formula is C13H13NO2S. The van der Waals surface area contributed by atoms with Gasteiger partial charge in [-0.3, -0.25) is 0 Å². The fourth-order valence-corrected chi connectivity index (χ4v) is 2.84. The molecule has 0 amide bonds. The minimum Gasteiger partial charge on any atom is -0.493 e. The number of hydrogen-bond acceptors (Lipinski definition) is 4. The van der Waals surface area contributed by atoms with Crippen LogP contribution in [0.4, 0.5) is 0 Å². The van der Waals surface area contributed by atoms with Gasteiger partial charge in [-0.15, -0.1) is 11.3 Å². The molecule has 0 atom stereocenters. The number of thiazole rings is 1. The SMILES string of the molecule is OCCc1csc(-c2ccc3c(c2)CCO3)n1. The van der Waals surface area contributed by atoms with Gasteiger partial charge in [0.25, 0.3) is 0 Å². The second kappa shape index (κ2) is 4.47. The van der Waals surface area contributed by atoms with Gasteiger partial charge >= 0.3 is 0 Å². The van der Waals surface area contributed by atoms with E-state index < -0.39 is 0 Å². The zero-order chi connectivity index (χ0) is 11.7. The number of nitrogens with zero attached hydrogens (tertiary/aromatic N) is 1. The van der Waals surface area contributed by atoms with E-state index in [2.05, 4.69) is 11.1 Å². The lowest BCUT2D eigenvalue weighted by molar-refractivity contribution is 0.298. The molecule has 0 saturated carbocycles. The van der Waals surface area contributed by atoms with Crippen molar-refractivity contribution in [2.75, 3.05) is 13.2 Å². The summed E-state index contributed by atoms with van der Waals surface area (Å²) in [5, 5.41) is 11.9. The summed E-state index contributed by atoms with van der Waals surface area (Å²) < 4.78 is 5.48. The van der Waals surface area contributed by atoms with E-state index in [9.17, 15) is 0 Å². The third-order valence-electron chi connectivity index (χ3n) is 2.86. The molecule has 1 aliphatic heterocycles. The van der Waals surface area contributed by atoms with Crippen LogP contribution in [0.3, 0.4) is 0 Å². The van der Waals surface area contributed by atoms with Crippen LogP contribution in [0.25, 0.3) is 10.6 Å². The minimum atomic E-state index is 0.154. The lowest BCUT2D eigenvalue weighted by atomic mass is 10.1. The number of fused-ring (bicyclic) bond motifs is 1. The number of benzene rings is 1. The van der Waals surface area contributed by atoms with Crippen LogP contribution in [0, 0.1) is 0 Å². The molecule has 1 aromatic carbocycles. The molecule has 17 heavy (non-hydrogen) atoms. The molecule has 3 nitrogen and oxygen atoms in total. The van der Waals surface area contributed by atoms with E-state index in [1.807, 2.05) is 17.5 Å². The van der Waals surface area contributed by atoms with E-state index in [-0.39, 0.29) is 6.61 Å². The molecule has 0 spiro atoms. The highest BCUT2D eigenvalue weighted by Gasteiger charge is 2.13. The van der Waals surface area contributed by atoms with Gasteiger partial charge in [-0.2, -0.15) is 0 Å². The van der Waals surface area contributed by atoms with Crippen molar-refractivity contribution in [2.24, 2.45) is 0 Å². The Kier molecular flexibility index (Phi) is 2.82. The summed E-state index contributed by atoms with van der Waals surface area (Å²) in [5.74, 6) is 1.00. The average Bonchev–Trinajstić information content (AvgIpc) is 2.96. The molecule has 1 aliphatic rings. The molecule has 4 heteroatoms. The molecule has 0 saturated heterocycles. The molecule has 0 unspecified atom stereocenters. The number of aliphatic hydroxyl groups excluding tert-OH is 1. The Morgan fingerprint density at radius 1 is 1.41 bits per heavy atom.